The fourth-order valence-electron chi connectivity index (χ4n) is 2.92. The monoisotopic (exact) mass is 663 g/mol. The van der Waals surface area contributed by atoms with Crippen molar-refractivity contribution >= 4 is 80.1 Å². The summed E-state index contributed by atoms with van der Waals surface area (Å²) < 4.78 is 11.7. The zero-order chi connectivity index (χ0) is 22.4. The number of amides is 2. The molecule has 0 aliphatic carbocycles. The normalized spacial score (nSPS) is 14.9. The van der Waals surface area contributed by atoms with Gasteiger partial charge < -0.3 is 9.47 Å². The molecule has 2 aromatic carbocycles. The first-order valence-corrected chi connectivity index (χ1v) is 12.3. The molecule has 0 radical (unpaired) electrons. The number of imide groups is 1. The highest BCUT2D eigenvalue weighted by Crippen LogP contribution is 2.35. The van der Waals surface area contributed by atoms with Crippen LogP contribution >= 0.6 is 56.9 Å². The molecule has 0 spiro atoms. The van der Waals surface area contributed by atoms with E-state index in [2.05, 4.69) is 49.9 Å². The number of benzene rings is 2. The number of hydrogen-bond donors (Lipinski definition) is 0. The van der Waals surface area contributed by atoms with E-state index >= 15 is 0 Å². The molecule has 1 aliphatic heterocycles. The van der Waals surface area contributed by atoms with Crippen LogP contribution in [-0.2, 0) is 20.7 Å². The maximum Gasteiger partial charge on any atom is 0.343 e. The summed E-state index contributed by atoms with van der Waals surface area (Å²) in [6, 6.07) is 13.7. The minimum absolute atomic E-state index is 0.177. The van der Waals surface area contributed by atoms with Crippen molar-refractivity contribution in [2.45, 2.75) is 12.8 Å². The maximum absolute atomic E-state index is 12.7. The van der Waals surface area contributed by atoms with Gasteiger partial charge in [0.1, 0.15) is 5.75 Å². The van der Waals surface area contributed by atoms with Crippen molar-refractivity contribution in [1.29, 1.82) is 0 Å². The van der Waals surface area contributed by atoms with Gasteiger partial charge in [-0.05, 0) is 99.1 Å². The lowest BCUT2D eigenvalue weighted by Crippen LogP contribution is -2.29. The Balaban J connectivity index is 1.67. The van der Waals surface area contributed by atoms with Crippen molar-refractivity contribution in [2.75, 3.05) is 20.3 Å². The lowest BCUT2D eigenvalue weighted by Gasteiger charge is -2.12. The lowest BCUT2D eigenvalue weighted by molar-refractivity contribution is -0.143. The van der Waals surface area contributed by atoms with Crippen molar-refractivity contribution in [1.82, 2.24) is 4.90 Å². The average Bonchev–Trinajstić information content (AvgIpc) is 3.01. The molecule has 0 atom stereocenters. The van der Waals surface area contributed by atoms with E-state index in [0.717, 1.165) is 37.3 Å². The standard InChI is InChI=1S/C22H19I2NO5S/c1-29-19(26)13-30-20-16(23)10-15(11-17(20)24)12-18-21(27)25(22(28)31-18)9-5-8-14-6-3-2-4-7-14/h2-4,6-7,10-12H,5,8-9,13H2,1H3/b18-12+. The molecule has 1 heterocycles. The first-order chi connectivity index (χ1) is 14.9. The van der Waals surface area contributed by atoms with Crippen molar-refractivity contribution in [2.24, 2.45) is 0 Å². The predicted octanol–water partition coefficient (Wildman–Crippen LogP) is 5.12. The van der Waals surface area contributed by atoms with E-state index in [1.807, 2.05) is 42.5 Å². The van der Waals surface area contributed by atoms with Crippen LogP contribution in [0.1, 0.15) is 17.5 Å². The largest absolute Gasteiger partial charge is 0.480 e. The number of carbonyl (C=O) groups excluding carboxylic acids is 3. The molecule has 1 fully saturated rings. The Hall–Kier alpha value is -1.60. The van der Waals surface area contributed by atoms with Crippen LogP contribution in [0, 0.1) is 7.14 Å². The fraction of sp³-hybridized carbons (Fsp3) is 0.227. The molecule has 31 heavy (non-hydrogen) atoms. The minimum Gasteiger partial charge on any atom is -0.480 e. The number of ether oxygens (including phenoxy) is 2. The smallest absolute Gasteiger partial charge is 0.343 e. The van der Waals surface area contributed by atoms with Gasteiger partial charge in [0.2, 0.25) is 0 Å². The third kappa shape index (κ3) is 6.45. The summed E-state index contributed by atoms with van der Waals surface area (Å²) in [5.41, 5.74) is 1.97. The Bertz CT molecular complexity index is 1000. The minimum atomic E-state index is -0.461. The molecule has 2 aromatic rings. The summed E-state index contributed by atoms with van der Waals surface area (Å²) in [6.45, 7) is 0.218. The third-order valence-electron chi connectivity index (χ3n) is 4.44. The van der Waals surface area contributed by atoms with Gasteiger partial charge in [-0.3, -0.25) is 14.5 Å². The SMILES string of the molecule is COC(=O)COc1c(I)cc(/C=C2/SC(=O)N(CCCc3ccccc3)C2=O)cc1I. The Morgan fingerprint density at radius 1 is 1.13 bits per heavy atom. The predicted molar refractivity (Wildman–Crippen MR) is 137 cm³/mol. The van der Waals surface area contributed by atoms with Crippen molar-refractivity contribution < 1.29 is 23.9 Å². The zero-order valence-electron chi connectivity index (χ0n) is 16.6. The Labute approximate surface area is 212 Å². The van der Waals surface area contributed by atoms with Crippen LogP contribution in [-0.4, -0.2) is 42.3 Å². The van der Waals surface area contributed by atoms with Crippen LogP contribution in [0.4, 0.5) is 4.79 Å². The second kappa shape index (κ2) is 11.3. The van der Waals surface area contributed by atoms with Crippen molar-refractivity contribution in [3.63, 3.8) is 0 Å². The molecular formula is C22H19I2NO5S. The van der Waals surface area contributed by atoms with Crippen molar-refractivity contribution in [3.8, 4) is 5.75 Å². The van der Waals surface area contributed by atoms with Gasteiger partial charge in [-0.2, -0.15) is 0 Å². The molecule has 2 amide bonds. The van der Waals surface area contributed by atoms with Gasteiger partial charge in [0.25, 0.3) is 11.1 Å². The van der Waals surface area contributed by atoms with Gasteiger partial charge in [-0.15, -0.1) is 0 Å². The van der Waals surface area contributed by atoms with Gasteiger partial charge >= 0.3 is 5.97 Å². The number of rotatable bonds is 8. The molecule has 0 aromatic heterocycles. The zero-order valence-corrected chi connectivity index (χ0v) is 21.7. The van der Waals surface area contributed by atoms with Gasteiger partial charge in [0.05, 0.1) is 19.2 Å². The van der Waals surface area contributed by atoms with Gasteiger partial charge in [0, 0.05) is 6.54 Å². The van der Waals surface area contributed by atoms with E-state index in [1.54, 1.807) is 6.08 Å². The third-order valence-corrected chi connectivity index (χ3v) is 6.95. The summed E-state index contributed by atoms with van der Waals surface area (Å²) >= 11 is 5.19. The Morgan fingerprint density at radius 2 is 1.81 bits per heavy atom. The van der Waals surface area contributed by atoms with Gasteiger partial charge in [-0.25, -0.2) is 4.79 Å². The number of esters is 1. The topological polar surface area (TPSA) is 72.9 Å². The molecule has 1 aliphatic rings. The number of methoxy groups -OCH3 is 1. The van der Waals surface area contributed by atoms with Crippen LogP contribution in [0.2, 0.25) is 0 Å². The summed E-state index contributed by atoms with van der Waals surface area (Å²) in [6.07, 6.45) is 3.25. The van der Waals surface area contributed by atoms with Crippen LogP contribution < -0.4 is 4.74 Å². The summed E-state index contributed by atoms with van der Waals surface area (Å²) in [5.74, 6) is -0.145. The van der Waals surface area contributed by atoms with Crippen LogP contribution in [0.3, 0.4) is 0 Å². The molecule has 0 N–H and O–H groups in total. The molecule has 6 nitrogen and oxygen atoms in total. The van der Waals surface area contributed by atoms with Crippen LogP contribution in [0.5, 0.6) is 5.75 Å². The molecule has 0 unspecified atom stereocenters. The highest BCUT2D eigenvalue weighted by atomic mass is 127. The van der Waals surface area contributed by atoms with E-state index in [0.29, 0.717) is 17.2 Å². The second-order valence-electron chi connectivity index (χ2n) is 6.60. The summed E-state index contributed by atoms with van der Waals surface area (Å²) in [4.78, 5) is 38.1. The van der Waals surface area contributed by atoms with Crippen molar-refractivity contribution in [3.05, 3.63) is 65.6 Å². The summed E-state index contributed by atoms with van der Waals surface area (Å²) in [7, 11) is 1.31. The number of hydrogen-bond acceptors (Lipinski definition) is 6. The fourth-order valence-corrected chi connectivity index (χ4v) is 5.91. The number of thioether (sulfide) groups is 1. The van der Waals surface area contributed by atoms with E-state index in [1.165, 1.54) is 17.6 Å². The van der Waals surface area contributed by atoms with E-state index in [9.17, 15) is 14.4 Å². The highest BCUT2D eigenvalue weighted by molar-refractivity contribution is 14.1. The molecular weight excluding hydrogens is 644 g/mol. The quantitative estimate of drug-likeness (QED) is 0.222. The first kappa shape index (κ1) is 24.1. The van der Waals surface area contributed by atoms with E-state index < -0.39 is 5.97 Å². The van der Waals surface area contributed by atoms with E-state index in [-0.39, 0.29) is 17.8 Å². The molecule has 162 valence electrons. The Morgan fingerprint density at radius 3 is 2.45 bits per heavy atom. The molecule has 0 saturated carbocycles. The van der Waals surface area contributed by atoms with Crippen LogP contribution in [0.15, 0.2) is 47.4 Å². The number of aryl methyl sites for hydroxylation is 1. The molecule has 0 bridgehead atoms. The van der Waals surface area contributed by atoms with Gasteiger partial charge in [-0.1, -0.05) is 30.3 Å². The number of halogens is 2. The molecule has 1 saturated heterocycles. The molecule has 3 rings (SSSR count). The molecule has 9 heteroatoms. The highest BCUT2D eigenvalue weighted by Gasteiger charge is 2.34. The number of nitrogens with zero attached hydrogens (tertiary/aromatic N) is 1. The van der Waals surface area contributed by atoms with Gasteiger partial charge in [0.15, 0.2) is 6.61 Å². The summed E-state index contributed by atoms with van der Waals surface area (Å²) in [5, 5.41) is -0.244. The first-order valence-electron chi connectivity index (χ1n) is 9.37. The average molecular weight is 663 g/mol. The lowest BCUT2D eigenvalue weighted by atomic mass is 10.1. The Kier molecular flexibility index (Phi) is 8.78. The van der Waals surface area contributed by atoms with Crippen LogP contribution in [0.25, 0.3) is 6.08 Å². The van der Waals surface area contributed by atoms with E-state index in [4.69, 9.17) is 4.74 Å². The second-order valence-corrected chi connectivity index (χ2v) is 9.92. The number of carbonyl (C=O) groups is 3. The maximum atomic E-state index is 12.7.